The van der Waals surface area contributed by atoms with Crippen molar-refractivity contribution in [2.45, 2.75) is 25.5 Å². The minimum absolute atomic E-state index is 0.103. The van der Waals surface area contributed by atoms with Crippen LogP contribution in [0.3, 0.4) is 0 Å². The van der Waals surface area contributed by atoms with Crippen LogP contribution in [0.15, 0.2) is 24.4 Å². The van der Waals surface area contributed by atoms with Crippen LogP contribution in [0.4, 0.5) is 5.69 Å². The van der Waals surface area contributed by atoms with E-state index in [0.29, 0.717) is 24.7 Å². The number of nitrogens with zero attached hydrogens (tertiary/aromatic N) is 1. The predicted octanol–water partition coefficient (Wildman–Crippen LogP) is 2.76. The Kier molecular flexibility index (Phi) is 3.78. The summed E-state index contributed by atoms with van der Waals surface area (Å²) in [5, 5.41) is 15.0. The van der Waals surface area contributed by atoms with Crippen LogP contribution in [-0.2, 0) is 4.74 Å². The summed E-state index contributed by atoms with van der Waals surface area (Å²) in [7, 11) is 0. The number of rotatable bonds is 2. The number of fused-ring (bicyclic) bond motifs is 1. The second-order valence-electron chi connectivity index (χ2n) is 5.16. The summed E-state index contributed by atoms with van der Waals surface area (Å²) in [5.74, 6) is 0. The molecule has 1 fully saturated rings. The van der Waals surface area contributed by atoms with E-state index in [0.717, 1.165) is 22.2 Å². The molecule has 1 aliphatic heterocycles. The first-order valence-electron chi connectivity index (χ1n) is 6.72. The number of anilines is 1. The lowest BCUT2D eigenvalue weighted by Gasteiger charge is -2.29. The molecule has 0 amide bonds. The number of hydrogen-bond acceptors (Lipinski definition) is 4. The number of aliphatic hydroxyl groups excluding tert-OH is 1. The summed E-state index contributed by atoms with van der Waals surface area (Å²) in [4.78, 5) is 4.40. The zero-order valence-corrected chi connectivity index (χ0v) is 12.0. The van der Waals surface area contributed by atoms with E-state index in [4.69, 9.17) is 16.3 Å². The van der Waals surface area contributed by atoms with Gasteiger partial charge in [0.2, 0.25) is 0 Å². The fourth-order valence-electron chi connectivity index (χ4n) is 2.58. The average Bonchev–Trinajstić information content (AvgIpc) is 2.42. The molecule has 0 aliphatic carbocycles. The van der Waals surface area contributed by atoms with E-state index in [1.807, 2.05) is 25.1 Å². The molecule has 1 saturated heterocycles. The van der Waals surface area contributed by atoms with Gasteiger partial charge in [-0.2, -0.15) is 0 Å². The van der Waals surface area contributed by atoms with E-state index >= 15 is 0 Å². The maximum atomic E-state index is 10.0. The maximum absolute atomic E-state index is 10.0. The van der Waals surface area contributed by atoms with Gasteiger partial charge in [0, 0.05) is 28.9 Å². The molecule has 2 heterocycles. The third-order valence-corrected chi connectivity index (χ3v) is 3.88. The van der Waals surface area contributed by atoms with Gasteiger partial charge in [-0.15, -0.1) is 0 Å². The first-order valence-corrected chi connectivity index (χ1v) is 7.10. The molecule has 1 aromatic heterocycles. The first-order chi connectivity index (χ1) is 9.65. The Hall–Kier alpha value is -1.36. The van der Waals surface area contributed by atoms with E-state index in [1.54, 1.807) is 6.20 Å². The fourth-order valence-corrected chi connectivity index (χ4v) is 2.85. The zero-order chi connectivity index (χ0) is 14.1. The quantitative estimate of drug-likeness (QED) is 0.894. The first kappa shape index (κ1) is 13.6. The molecule has 3 rings (SSSR count). The molecule has 5 heteroatoms. The minimum atomic E-state index is -0.396. The van der Waals surface area contributed by atoms with Gasteiger partial charge in [-0.1, -0.05) is 11.6 Å². The number of hydrogen-bond donors (Lipinski definition) is 2. The van der Waals surface area contributed by atoms with Crippen molar-refractivity contribution in [3.8, 4) is 0 Å². The Labute approximate surface area is 122 Å². The standard InChI is InChI=1S/C15H17ClN2O2/c1-9-6-10(16)7-11-12(2-4-17-15(9)11)18-13-8-20-5-3-14(13)19/h2,4,6-7,13-14,19H,3,5,8H2,1H3,(H,17,18)/t13-,14-/m1/s1. The minimum Gasteiger partial charge on any atom is -0.391 e. The van der Waals surface area contributed by atoms with Crippen LogP contribution in [0, 0.1) is 6.92 Å². The SMILES string of the molecule is Cc1cc(Cl)cc2c(N[C@@H]3COCC[C@H]3O)ccnc12. The highest BCUT2D eigenvalue weighted by Gasteiger charge is 2.24. The lowest BCUT2D eigenvalue weighted by molar-refractivity contribution is 0.00319. The number of aromatic nitrogens is 1. The van der Waals surface area contributed by atoms with Crippen LogP contribution in [0.1, 0.15) is 12.0 Å². The number of ether oxygens (including phenoxy) is 1. The molecule has 0 bridgehead atoms. The Balaban J connectivity index is 1.99. The van der Waals surface area contributed by atoms with Crippen molar-refractivity contribution in [2.75, 3.05) is 18.5 Å². The molecule has 0 radical (unpaired) electrons. The third kappa shape index (κ3) is 2.59. The van der Waals surface area contributed by atoms with E-state index in [2.05, 4.69) is 10.3 Å². The highest BCUT2D eigenvalue weighted by Crippen LogP contribution is 2.29. The highest BCUT2D eigenvalue weighted by molar-refractivity contribution is 6.31. The van der Waals surface area contributed by atoms with Gasteiger partial charge in [0.1, 0.15) is 0 Å². The van der Waals surface area contributed by atoms with Gasteiger partial charge < -0.3 is 15.2 Å². The van der Waals surface area contributed by atoms with Gasteiger partial charge in [0.15, 0.2) is 0 Å². The van der Waals surface area contributed by atoms with E-state index in [-0.39, 0.29) is 6.04 Å². The van der Waals surface area contributed by atoms with Crippen LogP contribution in [0.25, 0.3) is 10.9 Å². The van der Waals surface area contributed by atoms with Gasteiger partial charge >= 0.3 is 0 Å². The number of nitrogens with one attached hydrogen (secondary N) is 1. The highest BCUT2D eigenvalue weighted by atomic mass is 35.5. The molecule has 4 nitrogen and oxygen atoms in total. The van der Waals surface area contributed by atoms with E-state index < -0.39 is 6.10 Å². The summed E-state index contributed by atoms with van der Waals surface area (Å²) in [6.07, 6.45) is 2.02. The number of aryl methyl sites for hydroxylation is 1. The normalized spacial score (nSPS) is 22.9. The molecular weight excluding hydrogens is 276 g/mol. The molecule has 0 spiro atoms. The molecule has 20 heavy (non-hydrogen) atoms. The lowest BCUT2D eigenvalue weighted by Crippen LogP contribution is -2.42. The summed E-state index contributed by atoms with van der Waals surface area (Å²) in [6, 6.07) is 5.60. The smallest absolute Gasteiger partial charge is 0.0785 e. The molecule has 2 N–H and O–H groups in total. The van der Waals surface area contributed by atoms with Crippen molar-refractivity contribution < 1.29 is 9.84 Å². The molecule has 1 aliphatic rings. The van der Waals surface area contributed by atoms with Crippen molar-refractivity contribution in [2.24, 2.45) is 0 Å². The summed E-state index contributed by atoms with van der Waals surface area (Å²) < 4.78 is 5.42. The molecule has 0 saturated carbocycles. The second kappa shape index (κ2) is 5.56. The topological polar surface area (TPSA) is 54.4 Å². The van der Waals surface area contributed by atoms with Crippen LogP contribution >= 0.6 is 11.6 Å². The maximum Gasteiger partial charge on any atom is 0.0785 e. The Morgan fingerprint density at radius 3 is 3.10 bits per heavy atom. The third-order valence-electron chi connectivity index (χ3n) is 3.66. The Bertz CT molecular complexity index is 633. The van der Waals surface area contributed by atoms with E-state index in [9.17, 15) is 5.11 Å². The van der Waals surface area contributed by atoms with Crippen LogP contribution in [-0.4, -0.2) is 35.5 Å². The second-order valence-corrected chi connectivity index (χ2v) is 5.60. The summed E-state index contributed by atoms with van der Waals surface area (Å²) in [5.41, 5.74) is 2.89. The predicted molar refractivity (Wildman–Crippen MR) is 80.3 cm³/mol. The largest absolute Gasteiger partial charge is 0.391 e. The molecule has 2 atom stereocenters. The van der Waals surface area contributed by atoms with E-state index in [1.165, 1.54) is 0 Å². The average molecular weight is 293 g/mol. The monoisotopic (exact) mass is 292 g/mol. The summed E-state index contributed by atoms with van der Waals surface area (Å²) >= 11 is 6.14. The molecule has 2 aromatic rings. The van der Waals surface area contributed by atoms with Gasteiger partial charge in [0.05, 0.1) is 24.3 Å². The Morgan fingerprint density at radius 2 is 2.30 bits per heavy atom. The van der Waals surface area contributed by atoms with Crippen molar-refractivity contribution in [3.63, 3.8) is 0 Å². The molecule has 106 valence electrons. The number of pyridine rings is 1. The number of aliphatic hydroxyl groups is 1. The lowest BCUT2D eigenvalue weighted by atomic mass is 10.0. The van der Waals surface area contributed by atoms with Crippen molar-refractivity contribution >= 4 is 28.2 Å². The molecule has 1 aromatic carbocycles. The summed E-state index contributed by atoms with van der Waals surface area (Å²) in [6.45, 7) is 3.11. The van der Waals surface area contributed by atoms with Crippen LogP contribution in [0.5, 0.6) is 0 Å². The van der Waals surface area contributed by atoms with Gasteiger partial charge in [-0.05, 0) is 37.1 Å². The van der Waals surface area contributed by atoms with Crippen molar-refractivity contribution in [1.82, 2.24) is 4.98 Å². The number of benzene rings is 1. The Morgan fingerprint density at radius 1 is 1.45 bits per heavy atom. The van der Waals surface area contributed by atoms with Gasteiger partial charge in [-0.25, -0.2) is 0 Å². The van der Waals surface area contributed by atoms with Gasteiger partial charge in [0.25, 0.3) is 0 Å². The fraction of sp³-hybridized carbons (Fsp3) is 0.400. The van der Waals surface area contributed by atoms with Gasteiger partial charge in [-0.3, -0.25) is 4.98 Å². The van der Waals surface area contributed by atoms with Crippen molar-refractivity contribution in [3.05, 3.63) is 35.0 Å². The van der Waals surface area contributed by atoms with Crippen molar-refractivity contribution in [1.29, 1.82) is 0 Å². The molecular formula is C15H17ClN2O2. The number of halogens is 1. The zero-order valence-electron chi connectivity index (χ0n) is 11.3. The molecule has 0 unspecified atom stereocenters. The van der Waals surface area contributed by atoms with Crippen LogP contribution < -0.4 is 5.32 Å². The van der Waals surface area contributed by atoms with Crippen LogP contribution in [0.2, 0.25) is 5.02 Å².